The van der Waals surface area contributed by atoms with Crippen LogP contribution < -0.4 is 0 Å². The summed E-state index contributed by atoms with van der Waals surface area (Å²) in [7, 11) is 0. The van der Waals surface area contributed by atoms with Gasteiger partial charge in [-0.05, 0) is 59.0 Å². The molecule has 0 unspecified atom stereocenters. The number of hydrogen-bond acceptors (Lipinski definition) is 2. The van der Waals surface area contributed by atoms with Crippen molar-refractivity contribution in [2.24, 2.45) is 0 Å². The summed E-state index contributed by atoms with van der Waals surface area (Å²) < 4.78 is 7.54. The average Bonchev–Trinajstić information content (AvgIpc) is 2.69. The highest BCUT2D eigenvalue weighted by Gasteiger charge is 2.16. The van der Waals surface area contributed by atoms with Crippen molar-refractivity contribution in [3.63, 3.8) is 0 Å². The van der Waals surface area contributed by atoms with Gasteiger partial charge in [-0.3, -0.25) is 0 Å². The Morgan fingerprint density at radius 3 is 1.96 bits per heavy atom. The number of halogens is 2. The molecule has 0 N–H and O–H groups in total. The van der Waals surface area contributed by atoms with E-state index in [0.29, 0.717) is 12.2 Å². The van der Waals surface area contributed by atoms with Crippen LogP contribution in [0.25, 0.3) is 22.3 Å². The molecular formula is C23H20Br2O2. The van der Waals surface area contributed by atoms with Crippen LogP contribution in [0.1, 0.15) is 30.1 Å². The lowest BCUT2D eigenvalue weighted by Gasteiger charge is -2.13. The highest BCUT2D eigenvalue weighted by molar-refractivity contribution is 9.10. The number of unbranched alkanes of at least 4 members (excludes halogenated alkanes) is 1. The van der Waals surface area contributed by atoms with Crippen LogP contribution >= 0.6 is 31.9 Å². The summed E-state index contributed by atoms with van der Waals surface area (Å²) in [5.41, 5.74) is 4.51. The Hall–Kier alpha value is -1.91. The van der Waals surface area contributed by atoms with Gasteiger partial charge in [-0.2, -0.15) is 0 Å². The third-order valence-electron chi connectivity index (χ3n) is 4.30. The van der Waals surface area contributed by atoms with Crippen molar-refractivity contribution in [2.45, 2.75) is 19.8 Å². The molecule has 138 valence electrons. The Labute approximate surface area is 176 Å². The van der Waals surface area contributed by atoms with Gasteiger partial charge in [0.1, 0.15) is 0 Å². The maximum atomic E-state index is 12.8. The number of esters is 1. The molecule has 27 heavy (non-hydrogen) atoms. The molecule has 0 aliphatic carbocycles. The monoisotopic (exact) mass is 486 g/mol. The number of rotatable bonds is 6. The molecule has 4 heteroatoms. The summed E-state index contributed by atoms with van der Waals surface area (Å²) in [6, 6.07) is 22.0. The molecule has 0 spiro atoms. The Bertz CT molecular complexity index is 916. The van der Waals surface area contributed by atoms with Gasteiger partial charge in [0.15, 0.2) is 0 Å². The molecule has 0 bridgehead atoms. The average molecular weight is 488 g/mol. The zero-order valence-electron chi connectivity index (χ0n) is 15.0. The van der Waals surface area contributed by atoms with E-state index in [-0.39, 0.29) is 5.97 Å². The number of carbonyl (C=O) groups is 1. The van der Waals surface area contributed by atoms with Gasteiger partial charge in [-0.1, -0.05) is 81.6 Å². The van der Waals surface area contributed by atoms with Crippen LogP contribution in [-0.2, 0) is 4.74 Å². The zero-order valence-corrected chi connectivity index (χ0v) is 18.2. The van der Waals surface area contributed by atoms with Crippen molar-refractivity contribution in [3.8, 4) is 22.3 Å². The van der Waals surface area contributed by atoms with Crippen LogP contribution in [0, 0.1) is 0 Å². The molecule has 0 radical (unpaired) electrons. The quantitative estimate of drug-likeness (QED) is 0.265. The Morgan fingerprint density at radius 1 is 0.815 bits per heavy atom. The molecule has 0 amide bonds. The first-order valence-electron chi connectivity index (χ1n) is 8.91. The second kappa shape index (κ2) is 9.34. The molecule has 0 atom stereocenters. The standard InChI is InChI=1S/C23H20Br2O2/c1-2-3-14-27-23(26)22-15-18(16-4-9-19(24)10-5-16)8-13-21(22)17-6-11-20(25)12-7-17/h4-13,15H,2-3,14H2,1H3. The Kier molecular flexibility index (Phi) is 6.86. The fourth-order valence-electron chi connectivity index (χ4n) is 2.80. The lowest BCUT2D eigenvalue weighted by molar-refractivity contribution is 0.0500. The summed E-state index contributed by atoms with van der Waals surface area (Å²) in [4.78, 5) is 12.8. The topological polar surface area (TPSA) is 26.3 Å². The highest BCUT2D eigenvalue weighted by Crippen LogP contribution is 2.31. The number of hydrogen-bond donors (Lipinski definition) is 0. The molecule has 0 saturated heterocycles. The summed E-state index contributed by atoms with van der Waals surface area (Å²) in [6.07, 6.45) is 1.86. The van der Waals surface area contributed by atoms with Crippen molar-refractivity contribution < 1.29 is 9.53 Å². The zero-order chi connectivity index (χ0) is 19.2. The van der Waals surface area contributed by atoms with Gasteiger partial charge in [0.2, 0.25) is 0 Å². The molecule has 2 nitrogen and oxygen atoms in total. The van der Waals surface area contributed by atoms with E-state index in [4.69, 9.17) is 4.74 Å². The summed E-state index contributed by atoms with van der Waals surface area (Å²) in [5, 5.41) is 0. The fourth-order valence-corrected chi connectivity index (χ4v) is 3.33. The molecule has 3 rings (SSSR count). The first kappa shape index (κ1) is 19.8. The first-order chi connectivity index (χ1) is 13.1. The molecule has 0 aliphatic heterocycles. The van der Waals surface area contributed by atoms with Crippen LogP contribution in [0.5, 0.6) is 0 Å². The van der Waals surface area contributed by atoms with Gasteiger partial charge in [0.25, 0.3) is 0 Å². The lowest BCUT2D eigenvalue weighted by Crippen LogP contribution is -2.08. The van der Waals surface area contributed by atoms with Crippen LogP contribution in [-0.4, -0.2) is 12.6 Å². The van der Waals surface area contributed by atoms with Gasteiger partial charge in [0, 0.05) is 8.95 Å². The van der Waals surface area contributed by atoms with Crippen molar-refractivity contribution in [1.29, 1.82) is 0 Å². The van der Waals surface area contributed by atoms with E-state index in [9.17, 15) is 4.79 Å². The number of benzene rings is 3. The maximum Gasteiger partial charge on any atom is 0.338 e. The van der Waals surface area contributed by atoms with Crippen molar-refractivity contribution in [1.82, 2.24) is 0 Å². The molecule has 0 fully saturated rings. The third-order valence-corrected chi connectivity index (χ3v) is 5.36. The summed E-state index contributed by atoms with van der Waals surface area (Å²) in [6.45, 7) is 2.52. The molecular weight excluding hydrogens is 468 g/mol. The fraction of sp³-hybridized carbons (Fsp3) is 0.174. The SMILES string of the molecule is CCCCOC(=O)c1cc(-c2ccc(Br)cc2)ccc1-c1ccc(Br)cc1. The first-order valence-corrected chi connectivity index (χ1v) is 10.5. The van der Waals surface area contributed by atoms with Crippen LogP contribution in [0.3, 0.4) is 0 Å². The minimum absolute atomic E-state index is 0.277. The van der Waals surface area contributed by atoms with Crippen LogP contribution in [0.15, 0.2) is 75.7 Å². The second-order valence-electron chi connectivity index (χ2n) is 6.26. The molecule has 0 heterocycles. The predicted octanol–water partition coefficient (Wildman–Crippen LogP) is 7.50. The van der Waals surface area contributed by atoms with Crippen molar-refractivity contribution in [2.75, 3.05) is 6.61 Å². The van der Waals surface area contributed by atoms with Crippen molar-refractivity contribution >= 4 is 37.8 Å². The van der Waals surface area contributed by atoms with E-state index in [0.717, 1.165) is 44.0 Å². The van der Waals surface area contributed by atoms with Gasteiger partial charge in [-0.25, -0.2) is 4.79 Å². The van der Waals surface area contributed by atoms with E-state index < -0.39 is 0 Å². The van der Waals surface area contributed by atoms with Gasteiger partial charge in [0.05, 0.1) is 12.2 Å². The smallest absolute Gasteiger partial charge is 0.338 e. The normalized spacial score (nSPS) is 10.6. The maximum absolute atomic E-state index is 12.8. The largest absolute Gasteiger partial charge is 0.462 e. The van der Waals surface area contributed by atoms with E-state index >= 15 is 0 Å². The van der Waals surface area contributed by atoms with Crippen LogP contribution in [0.2, 0.25) is 0 Å². The Balaban J connectivity index is 2.02. The molecule has 0 aliphatic rings. The van der Waals surface area contributed by atoms with Gasteiger partial charge in [-0.15, -0.1) is 0 Å². The number of ether oxygens (including phenoxy) is 1. The Morgan fingerprint density at radius 2 is 1.37 bits per heavy atom. The molecule has 3 aromatic carbocycles. The second-order valence-corrected chi connectivity index (χ2v) is 8.09. The predicted molar refractivity (Wildman–Crippen MR) is 118 cm³/mol. The minimum atomic E-state index is -0.277. The summed E-state index contributed by atoms with van der Waals surface area (Å²) in [5.74, 6) is -0.277. The van der Waals surface area contributed by atoms with E-state index in [1.165, 1.54) is 0 Å². The molecule has 0 saturated carbocycles. The van der Waals surface area contributed by atoms with Gasteiger partial charge < -0.3 is 4.74 Å². The molecule has 0 aromatic heterocycles. The lowest BCUT2D eigenvalue weighted by atomic mass is 9.95. The minimum Gasteiger partial charge on any atom is -0.462 e. The number of carbonyl (C=O) groups excluding carboxylic acids is 1. The van der Waals surface area contributed by atoms with E-state index in [1.54, 1.807) is 0 Å². The molecule has 3 aromatic rings. The van der Waals surface area contributed by atoms with Gasteiger partial charge >= 0.3 is 5.97 Å². The summed E-state index contributed by atoms with van der Waals surface area (Å²) >= 11 is 6.92. The third kappa shape index (κ3) is 5.08. The van der Waals surface area contributed by atoms with Crippen molar-refractivity contribution in [3.05, 3.63) is 81.2 Å². The van der Waals surface area contributed by atoms with E-state index in [1.807, 2.05) is 66.7 Å². The van der Waals surface area contributed by atoms with E-state index in [2.05, 4.69) is 38.8 Å². The van der Waals surface area contributed by atoms with Crippen LogP contribution in [0.4, 0.5) is 0 Å². The highest BCUT2D eigenvalue weighted by atomic mass is 79.9.